The highest BCUT2D eigenvalue weighted by Gasteiger charge is 2.24. The normalized spacial score (nSPS) is 17.9. The number of carbonyl (C=O) groups excluding carboxylic acids is 2. The van der Waals surface area contributed by atoms with Gasteiger partial charge in [-0.25, -0.2) is 9.50 Å². The van der Waals surface area contributed by atoms with Gasteiger partial charge in [0.1, 0.15) is 4.83 Å². The molecule has 0 aliphatic carbocycles. The Morgan fingerprint density at radius 2 is 1.97 bits per heavy atom. The van der Waals surface area contributed by atoms with Crippen molar-refractivity contribution in [3.8, 4) is 16.3 Å². The largest absolute Gasteiger partial charge is 0.481 e. The molecule has 1 aliphatic heterocycles. The summed E-state index contributed by atoms with van der Waals surface area (Å²) < 4.78 is 12.8. The van der Waals surface area contributed by atoms with Crippen molar-refractivity contribution < 1.29 is 19.1 Å². The van der Waals surface area contributed by atoms with Gasteiger partial charge in [0.05, 0.1) is 71.3 Å². The monoisotopic (exact) mass is 535 g/mol. The fourth-order valence-corrected chi connectivity index (χ4v) is 5.62. The van der Waals surface area contributed by atoms with Gasteiger partial charge in [0.15, 0.2) is 0 Å². The number of amides is 2. The van der Waals surface area contributed by atoms with Crippen molar-refractivity contribution in [2.75, 3.05) is 37.4 Å². The van der Waals surface area contributed by atoms with Crippen LogP contribution in [0.15, 0.2) is 43.0 Å². The Kier molecular flexibility index (Phi) is 7.36. The number of nitrogens with zero attached hydrogens (tertiary/aromatic N) is 5. The number of thiazole rings is 1. The van der Waals surface area contributed by atoms with E-state index >= 15 is 0 Å². The molecule has 2 N–H and O–H groups in total. The minimum absolute atomic E-state index is 0.0792. The number of ether oxygens (including phenoxy) is 2. The Morgan fingerprint density at radius 3 is 2.74 bits per heavy atom. The molecule has 198 valence electrons. The van der Waals surface area contributed by atoms with Crippen molar-refractivity contribution in [2.24, 2.45) is 0 Å². The van der Waals surface area contributed by atoms with E-state index < -0.39 is 0 Å². The molecule has 0 aromatic carbocycles. The van der Waals surface area contributed by atoms with Gasteiger partial charge in [-0.15, -0.1) is 11.3 Å². The summed E-state index contributed by atoms with van der Waals surface area (Å²) in [6.07, 6.45) is 6.78. The Morgan fingerprint density at radius 1 is 1.18 bits per heavy atom. The van der Waals surface area contributed by atoms with Gasteiger partial charge >= 0.3 is 0 Å². The fourth-order valence-electron chi connectivity index (χ4n) is 4.54. The smallest absolute Gasteiger partial charge is 0.260 e. The average molecular weight is 536 g/mol. The number of aryl methyl sites for hydroxylation is 1. The average Bonchev–Trinajstić information content (AvgIpc) is 3.46. The van der Waals surface area contributed by atoms with E-state index in [2.05, 4.69) is 30.6 Å². The molecular formula is C26H29N7O4S. The van der Waals surface area contributed by atoms with Crippen molar-refractivity contribution >= 4 is 39.4 Å². The first-order valence-corrected chi connectivity index (χ1v) is 13.0. The molecule has 1 fully saturated rings. The van der Waals surface area contributed by atoms with Gasteiger partial charge in [-0.05, 0) is 39.0 Å². The number of carbonyl (C=O) groups is 2. The van der Waals surface area contributed by atoms with Gasteiger partial charge in [0, 0.05) is 25.5 Å². The summed E-state index contributed by atoms with van der Waals surface area (Å²) in [5, 5.41) is 10.2. The zero-order valence-corrected chi connectivity index (χ0v) is 22.4. The summed E-state index contributed by atoms with van der Waals surface area (Å²) in [6.45, 7) is 7.45. The molecule has 2 atom stereocenters. The van der Waals surface area contributed by atoms with Crippen LogP contribution in [0.5, 0.6) is 5.88 Å². The first kappa shape index (κ1) is 25.8. The van der Waals surface area contributed by atoms with E-state index in [1.165, 1.54) is 17.5 Å². The third-order valence-electron chi connectivity index (χ3n) is 6.15. The first-order valence-electron chi connectivity index (χ1n) is 12.2. The summed E-state index contributed by atoms with van der Waals surface area (Å²) >= 11 is 1.42. The molecule has 1 saturated heterocycles. The highest BCUT2D eigenvalue weighted by molar-refractivity contribution is 7.21. The molecule has 38 heavy (non-hydrogen) atoms. The standard InChI is InChI=1S/C26H29N7O4S/c1-15-11-32(12-16(2)37-15)14-23(34)30-18-8-21(17(3)28-9-18)31-24(35)20-10-29-33-13-22(38-26(20)33)19-6-5-7-27-25(19)36-4/h5-10,13,15-16H,11-12,14H2,1-4H3,(H,30,34)(H,31,35). The highest BCUT2D eigenvalue weighted by atomic mass is 32.1. The van der Waals surface area contributed by atoms with Crippen LogP contribution in [0.1, 0.15) is 29.9 Å². The number of hydrogen-bond acceptors (Lipinski definition) is 9. The van der Waals surface area contributed by atoms with E-state index in [0.29, 0.717) is 46.4 Å². The van der Waals surface area contributed by atoms with Crippen LogP contribution in [0.2, 0.25) is 0 Å². The molecule has 2 amide bonds. The lowest BCUT2D eigenvalue weighted by Gasteiger charge is -2.34. The van der Waals surface area contributed by atoms with Crippen LogP contribution in [0.4, 0.5) is 11.4 Å². The molecule has 0 radical (unpaired) electrons. The second-order valence-electron chi connectivity index (χ2n) is 9.27. The number of methoxy groups -OCH3 is 1. The maximum Gasteiger partial charge on any atom is 0.260 e. The van der Waals surface area contributed by atoms with Crippen molar-refractivity contribution in [3.05, 3.63) is 54.2 Å². The summed E-state index contributed by atoms with van der Waals surface area (Å²) in [7, 11) is 1.57. The molecule has 4 aromatic rings. The second-order valence-corrected chi connectivity index (χ2v) is 10.3. The van der Waals surface area contributed by atoms with Crippen LogP contribution in [0.3, 0.4) is 0 Å². The quantitative estimate of drug-likeness (QED) is 0.369. The molecule has 5 rings (SSSR count). The van der Waals surface area contributed by atoms with Crippen molar-refractivity contribution in [1.29, 1.82) is 0 Å². The maximum absolute atomic E-state index is 13.2. The third kappa shape index (κ3) is 5.52. The highest BCUT2D eigenvalue weighted by Crippen LogP contribution is 2.35. The van der Waals surface area contributed by atoms with E-state index in [1.807, 2.05) is 32.2 Å². The minimum Gasteiger partial charge on any atom is -0.481 e. The van der Waals surface area contributed by atoms with Crippen molar-refractivity contribution in [1.82, 2.24) is 24.5 Å². The lowest BCUT2D eigenvalue weighted by molar-refractivity contribution is -0.121. The predicted molar refractivity (Wildman–Crippen MR) is 145 cm³/mol. The number of hydrogen-bond donors (Lipinski definition) is 2. The molecule has 11 nitrogen and oxygen atoms in total. The molecular weight excluding hydrogens is 506 g/mol. The summed E-state index contributed by atoms with van der Waals surface area (Å²) in [6, 6.07) is 5.45. The number of anilines is 2. The Labute approximate surface area is 223 Å². The number of aromatic nitrogens is 4. The minimum atomic E-state index is -0.323. The van der Waals surface area contributed by atoms with E-state index in [-0.39, 0.29) is 30.6 Å². The van der Waals surface area contributed by atoms with Gasteiger partial charge in [0.2, 0.25) is 11.8 Å². The van der Waals surface area contributed by atoms with Crippen LogP contribution in [-0.2, 0) is 9.53 Å². The molecule has 1 aliphatic rings. The second kappa shape index (κ2) is 10.9. The molecule has 0 spiro atoms. The molecule has 0 saturated carbocycles. The summed E-state index contributed by atoms with van der Waals surface area (Å²) in [4.78, 5) is 38.2. The lowest BCUT2D eigenvalue weighted by Crippen LogP contribution is -2.48. The van der Waals surface area contributed by atoms with E-state index in [9.17, 15) is 9.59 Å². The van der Waals surface area contributed by atoms with Gasteiger partial charge in [-0.2, -0.15) is 5.10 Å². The van der Waals surface area contributed by atoms with Crippen LogP contribution >= 0.6 is 11.3 Å². The maximum atomic E-state index is 13.2. The topological polar surface area (TPSA) is 123 Å². The Balaban J connectivity index is 1.30. The number of fused-ring (bicyclic) bond motifs is 1. The predicted octanol–water partition coefficient (Wildman–Crippen LogP) is 3.47. The zero-order valence-electron chi connectivity index (χ0n) is 21.6. The number of pyridine rings is 2. The third-order valence-corrected chi connectivity index (χ3v) is 7.30. The van der Waals surface area contributed by atoms with Crippen LogP contribution in [0, 0.1) is 6.92 Å². The van der Waals surface area contributed by atoms with Gasteiger partial charge in [0.25, 0.3) is 5.91 Å². The summed E-state index contributed by atoms with van der Waals surface area (Å²) in [5.74, 6) is 0.0296. The zero-order chi connectivity index (χ0) is 26.8. The van der Waals surface area contributed by atoms with Gasteiger partial charge < -0.3 is 20.1 Å². The first-order chi connectivity index (χ1) is 18.3. The Hall–Kier alpha value is -3.87. The molecule has 12 heteroatoms. The van der Waals surface area contributed by atoms with E-state index in [1.54, 1.807) is 37.0 Å². The van der Waals surface area contributed by atoms with Crippen molar-refractivity contribution in [3.63, 3.8) is 0 Å². The Bertz CT molecular complexity index is 1470. The van der Waals surface area contributed by atoms with Crippen molar-refractivity contribution in [2.45, 2.75) is 33.0 Å². The van der Waals surface area contributed by atoms with Crippen LogP contribution in [-0.4, -0.2) is 75.2 Å². The molecule has 4 aromatic heterocycles. The van der Waals surface area contributed by atoms with Gasteiger partial charge in [-0.1, -0.05) is 0 Å². The molecule has 0 bridgehead atoms. The van der Waals surface area contributed by atoms with Crippen LogP contribution in [0.25, 0.3) is 15.3 Å². The van der Waals surface area contributed by atoms with E-state index in [4.69, 9.17) is 9.47 Å². The number of rotatable bonds is 7. The summed E-state index contributed by atoms with van der Waals surface area (Å²) in [5.41, 5.74) is 2.89. The lowest BCUT2D eigenvalue weighted by atomic mass is 10.2. The van der Waals surface area contributed by atoms with Gasteiger partial charge in [-0.3, -0.25) is 19.5 Å². The SMILES string of the molecule is COc1ncccc1-c1cn2ncc(C(=O)Nc3cc(NC(=O)CN4CC(C)OC(C)C4)cnc3C)c2s1. The molecule has 5 heterocycles. The molecule has 2 unspecified atom stereocenters. The fraction of sp³-hybridized carbons (Fsp3) is 0.346. The number of nitrogens with one attached hydrogen (secondary N) is 2. The van der Waals surface area contributed by atoms with Crippen LogP contribution < -0.4 is 15.4 Å². The number of morpholine rings is 1. The van der Waals surface area contributed by atoms with E-state index in [0.717, 1.165) is 10.4 Å².